The van der Waals surface area contributed by atoms with E-state index in [0.29, 0.717) is 17.2 Å². The molecule has 1 aromatic heterocycles. The lowest BCUT2D eigenvalue weighted by Crippen LogP contribution is -2.53. The first kappa shape index (κ1) is 24.1. The van der Waals surface area contributed by atoms with Crippen molar-refractivity contribution < 1.29 is 23.5 Å². The van der Waals surface area contributed by atoms with Crippen LogP contribution in [0.25, 0.3) is 0 Å². The molecule has 2 unspecified atom stereocenters. The zero-order valence-electron chi connectivity index (χ0n) is 19.1. The van der Waals surface area contributed by atoms with Gasteiger partial charge in [-0.05, 0) is 70.1 Å². The van der Waals surface area contributed by atoms with Crippen molar-refractivity contribution in [2.24, 2.45) is 5.92 Å². The predicted molar refractivity (Wildman–Crippen MR) is 125 cm³/mol. The van der Waals surface area contributed by atoms with Crippen molar-refractivity contribution in [1.29, 1.82) is 0 Å². The van der Waals surface area contributed by atoms with Crippen LogP contribution in [-0.2, 0) is 20.7 Å². The summed E-state index contributed by atoms with van der Waals surface area (Å²) in [6.45, 7) is 5.54. The maximum Gasteiger partial charge on any atom is 0.327 e. The fourth-order valence-electron chi connectivity index (χ4n) is 4.78. The van der Waals surface area contributed by atoms with Crippen molar-refractivity contribution in [3.8, 4) is 5.75 Å². The van der Waals surface area contributed by atoms with Crippen LogP contribution in [0.1, 0.15) is 62.9 Å². The van der Waals surface area contributed by atoms with Gasteiger partial charge in [0.15, 0.2) is 26.9 Å². The number of ketones is 1. The van der Waals surface area contributed by atoms with Crippen LogP contribution >= 0.6 is 23.1 Å². The topological polar surface area (TPSA) is 78.4 Å². The number of hydrogen-bond donors (Lipinski definition) is 0. The number of thioether (sulfide) groups is 1. The molecule has 2 aromatic rings. The monoisotopic (exact) mass is 492 g/mol. The van der Waals surface area contributed by atoms with Gasteiger partial charge in [-0.15, -0.1) is 10.2 Å². The molecule has 4 rings (SSSR count). The minimum Gasteiger partial charge on any atom is -0.488 e. The van der Waals surface area contributed by atoms with Crippen LogP contribution in [0.5, 0.6) is 5.75 Å². The molecule has 0 radical (unpaired) electrons. The number of ether oxygens (including phenoxy) is 2. The van der Waals surface area contributed by atoms with Gasteiger partial charge in [0.2, 0.25) is 0 Å². The van der Waals surface area contributed by atoms with Crippen LogP contribution in [0.2, 0.25) is 0 Å². The first-order chi connectivity index (χ1) is 15.8. The number of Topliss-reactive ketones (excluding diaryl/α,β-unsaturated/α-hetero) is 1. The van der Waals surface area contributed by atoms with E-state index in [9.17, 15) is 14.0 Å². The maximum atomic E-state index is 14.5. The van der Waals surface area contributed by atoms with Gasteiger partial charge in [-0.2, -0.15) is 0 Å². The van der Waals surface area contributed by atoms with Gasteiger partial charge < -0.3 is 9.47 Å². The summed E-state index contributed by atoms with van der Waals surface area (Å²) < 4.78 is 26.7. The summed E-state index contributed by atoms with van der Waals surface area (Å²) in [6.07, 6.45) is 5.09. The number of rotatable bonds is 8. The highest BCUT2D eigenvalue weighted by Gasteiger charge is 2.52. The molecule has 1 aliphatic carbocycles. The lowest BCUT2D eigenvalue weighted by atomic mass is 9.76. The standard InChI is InChI=1S/C24H29FN2O4S2/c1-14(2)30-20-9-8-16(12-18(20)25)10-11-24(17-6-4-5-7-17)13-19(28)21(22(29)31-24)33-23-27-26-15(3)32-23/h8-9,12,14,17,21H,4-7,10-11,13H2,1-3H3. The average molecular weight is 493 g/mol. The van der Waals surface area contributed by atoms with Crippen LogP contribution in [0.15, 0.2) is 22.5 Å². The summed E-state index contributed by atoms with van der Waals surface area (Å²) in [6, 6.07) is 4.96. The number of nitrogens with zero attached hydrogens (tertiary/aromatic N) is 2. The summed E-state index contributed by atoms with van der Waals surface area (Å²) in [5, 5.41) is 7.87. The average Bonchev–Trinajstić information content (AvgIpc) is 3.43. The number of carbonyl (C=O) groups excluding carboxylic acids is 2. The summed E-state index contributed by atoms with van der Waals surface area (Å²) in [4.78, 5) is 26.2. The van der Waals surface area contributed by atoms with E-state index >= 15 is 0 Å². The van der Waals surface area contributed by atoms with Gasteiger partial charge in [0, 0.05) is 6.42 Å². The van der Waals surface area contributed by atoms with Gasteiger partial charge in [0.05, 0.1) is 6.10 Å². The SMILES string of the molecule is Cc1nnc(SC2C(=O)CC(CCc3ccc(OC(C)C)c(F)c3)(C3CCCC3)OC2=O)s1. The number of halogens is 1. The first-order valence-corrected chi connectivity index (χ1v) is 13.1. The Hall–Kier alpha value is -2.00. The molecule has 1 saturated carbocycles. The number of carbonyl (C=O) groups is 2. The molecule has 0 spiro atoms. The lowest BCUT2D eigenvalue weighted by molar-refractivity contribution is -0.177. The molecular weight excluding hydrogens is 463 g/mol. The van der Waals surface area contributed by atoms with E-state index in [1.165, 1.54) is 17.4 Å². The second-order valence-electron chi connectivity index (χ2n) is 9.13. The van der Waals surface area contributed by atoms with Crippen LogP contribution in [-0.4, -0.2) is 38.9 Å². The molecular formula is C24H29FN2O4S2. The largest absolute Gasteiger partial charge is 0.488 e. The highest BCUT2D eigenvalue weighted by molar-refractivity contribution is 8.03. The number of hydrogen-bond acceptors (Lipinski definition) is 8. The zero-order valence-corrected chi connectivity index (χ0v) is 20.8. The molecule has 6 nitrogen and oxygen atoms in total. The first-order valence-electron chi connectivity index (χ1n) is 11.4. The number of esters is 1. The summed E-state index contributed by atoms with van der Waals surface area (Å²) in [5.74, 6) is -0.652. The van der Waals surface area contributed by atoms with Crippen LogP contribution in [0, 0.1) is 18.7 Å². The normalized spacial score (nSPS) is 23.8. The molecule has 1 saturated heterocycles. The Bertz CT molecular complexity index is 1000. The number of aromatic nitrogens is 2. The molecule has 2 atom stereocenters. The van der Waals surface area contributed by atoms with Crippen molar-refractivity contribution >= 4 is 34.9 Å². The number of benzene rings is 1. The Labute approximate surface area is 201 Å². The molecule has 33 heavy (non-hydrogen) atoms. The molecule has 2 fully saturated rings. The molecule has 0 N–H and O–H groups in total. The summed E-state index contributed by atoms with van der Waals surface area (Å²) >= 11 is 2.48. The third-order valence-electron chi connectivity index (χ3n) is 6.30. The highest BCUT2D eigenvalue weighted by atomic mass is 32.2. The molecule has 2 heterocycles. The fraction of sp³-hybridized carbons (Fsp3) is 0.583. The van der Waals surface area contributed by atoms with E-state index < -0.39 is 22.6 Å². The van der Waals surface area contributed by atoms with Crippen molar-refractivity contribution in [3.63, 3.8) is 0 Å². The maximum absolute atomic E-state index is 14.5. The molecule has 0 bridgehead atoms. The Morgan fingerprint density at radius 1 is 1.27 bits per heavy atom. The van der Waals surface area contributed by atoms with Gasteiger partial charge in [-0.25, -0.2) is 4.39 Å². The van der Waals surface area contributed by atoms with E-state index in [1.807, 2.05) is 26.8 Å². The molecule has 1 aromatic carbocycles. The zero-order chi connectivity index (χ0) is 23.6. The Balaban J connectivity index is 1.50. The van der Waals surface area contributed by atoms with Crippen LogP contribution in [0.4, 0.5) is 4.39 Å². The summed E-state index contributed by atoms with van der Waals surface area (Å²) in [5.41, 5.74) is -0.0344. The van der Waals surface area contributed by atoms with E-state index in [4.69, 9.17) is 9.47 Å². The molecule has 9 heteroatoms. The third kappa shape index (κ3) is 5.57. The van der Waals surface area contributed by atoms with E-state index in [0.717, 1.165) is 48.0 Å². The van der Waals surface area contributed by atoms with Crippen molar-refractivity contribution in [2.45, 2.75) is 87.0 Å². The van der Waals surface area contributed by atoms with Crippen molar-refractivity contribution in [1.82, 2.24) is 10.2 Å². The van der Waals surface area contributed by atoms with E-state index in [1.54, 1.807) is 6.07 Å². The van der Waals surface area contributed by atoms with Gasteiger partial charge in [0.1, 0.15) is 10.6 Å². The fourth-order valence-corrected chi connectivity index (χ4v) is 6.69. The van der Waals surface area contributed by atoms with Gasteiger partial charge in [0.25, 0.3) is 0 Å². The van der Waals surface area contributed by atoms with Crippen LogP contribution < -0.4 is 4.74 Å². The Kier molecular flexibility index (Phi) is 7.38. The lowest BCUT2D eigenvalue weighted by Gasteiger charge is -2.42. The minimum absolute atomic E-state index is 0.112. The molecule has 0 amide bonds. The highest BCUT2D eigenvalue weighted by Crippen LogP contribution is 2.46. The van der Waals surface area contributed by atoms with Gasteiger partial charge in [-0.1, -0.05) is 42.0 Å². The number of aryl methyl sites for hydroxylation is 2. The van der Waals surface area contributed by atoms with Gasteiger partial charge >= 0.3 is 5.97 Å². The van der Waals surface area contributed by atoms with Crippen molar-refractivity contribution in [2.75, 3.05) is 0 Å². The predicted octanol–water partition coefficient (Wildman–Crippen LogP) is 5.31. The Morgan fingerprint density at radius 3 is 2.64 bits per heavy atom. The van der Waals surface area contributed by atoms with Crippen LogP contribution in [0.3, 0.4) is 0 Å². The minimum atomic E-state index is -0.906. The van der Waals surface area contributed by atoms with Crippen molar-refractivity contribution in [3.05, 3.63) is 34.6 Å². The summed E-state index contributed by atoms with van der Waals surface area (Å²) in [7, 11) is 0. The van der Waals surface area contributed by atoms with E-state index in [-0.39, 0.29) is 30.0 Å². The number of cyclic esters (lactones) is 1. The molecule has 178 valence electrons. The third-order valence-corrected chi connectivity index (χ3v) is 8.45. The quantitative estimate of drug-likeness (QED) is 0.365. The Morgan fingerprint density at radius 2 is 2.03 bits per heavy atom. The smallest absolute Gasteiger partial charge is 0.327 e. The molecule has 1 aliphatic heterocycles. The second-order valence-corrected chi connectivity index (χ2v) is 11.7. The van der Waals surface area contributed by atoms with Gasteiger partial charge in [-0.3, -0.25) is 9.59 Å². The van der Waals surface area contributed by atoms with E-state index in [2.05, 4.69) is 10.2 Å². The molecule has 2 aliphatic rings. The second kappa shape index (κ2) is 10.1.